The maximum atomic E-state index is 5.68. The Balaban J connectivity index is 1.51. The van der Waals surface area contributed by atoms with Gasteiger partial charge in [0.05, 0.1) is 26.3 Å². The van der Waals surface area contributed by atoms with Crippen molar-refractivity contribution in [3.8, 4) is 0 Å². The van der Waals surface area contributed by atoms with Crippen LogP contribution in [0.15, 0.2) is 37.4 Å². The quantitative estimate of drug-likeness (QED) is 0.360. The van der Waals surface area contributed by atoms with Gasteiger partial charge >= 0.3 is 0 Å². The standard InChI is InChI=1S/C20H36N4O2/c1-3-5-7-9-21-11-13-23(17-21)19-25-15-16-26-20-24-14-12-22(18-24)10-8-6-4-2/h11-14,17-18H,3-10,15-16,19-20H2,1-2H3/q+2. The van der Waals surface area contributed by atoms with Crippen molar-refractivity contribution >= 4 is 0 Å². The van der Waals surface area contributed by atoms with E-state index >= 15 is 0 Å². The molecule has 0 bridgehead atoms. The van der Waals surface area contributed by atoms with Crippen molar-refractivity contribution in [3.63, 3.8) is 0 Å². The topological polar surface area (TPSA) is 36.1 Å². The zero-order chi connectivity index (χ0) is 18.5. The molecule has 0 aliphatic carbocycles. The van der Waals surface area contributed by atoms with Crippen LogP contribution >= 0.6 is 0 Å². The average Bonchev–Trinajstić information content (AvgIpc) is 3.28. The first-order chi connectivity index (χ1) is 12.8. The number of imidazole rings is 2. The van der Waals surface area contributed by atoms with Gasteiger partial charge in [0.1, 0.15) is 24.8 Å². The summed E-state index contributed by atoms with van der Waals surface area (Å²) in [5, 5.41) is 0. The highest BCUT2D eigenvalue weighted by atomic mass is 16.5. The fourth-order valence-corrected chi connectivity index (χ4v) is 2.84. The van der Waals surface area contributed by atoms with Crippen LogP contribution in [0.4, 0.5) is 0 Å². The summed E-state index contributed by atoms with van der Waals surface area (Å²) in [6.45, 7) is 8.98. The Kier molecular flexibility index (Phi) is 10.1. The summed E-state index contributed by atoms with van der Waals surface area (Å²) >= 11 is 0. The average molecular weight is 365 g/mol. The minimum Gasteiger partial charge on any atom is -0.339 e. The van der Waals surface area contributed by atoms with Gasteiger partial charge in [-0.25, -0.2) is 18.3 Å². The molecular weight excluding hydrogens is 328 g/mol. The Labute approximate surface area is 158 Å². The van der Waals surface area contributed by atoms with Gasteiger partial charge in [0.2, 0.25) is 12.7 Å². The van der Waals surface area contributed by atoms with E-state index in [-0.39, 0.29) is 0 Å². The van der Waals surface area contributed by atoms with E-state index in [1.165, 1.54) is 38.5 Å². The van der Waals surface area contributed by atoms with Crippen LogP contribution < -0.4 is 9.13 Å². The summed E-state index contributed by atoms with van der Waals surface area (Å²) in [4.78, 5) is 0. The summed E-state index contributed by atoms with van der Waals surface area (Å²) in [7, 11) is 0. The third-order valence-electron chi connectivity index (χ3n) is 4.38. The number of nitrogens with zero attached hydrogens (tertiary/aromatic N) is 4. The van der Waals surface area contributed by atoms with Crippen LogP contribution in [-0.4, -0.2) is 22.3 Å². The fourth-order valence-electron chi connectivity index (χ4n) is 2.84. The maximum absolute atomic E-state index is 5.68. The number of hydrogen-bond acceptors (Lipinski definition) is 2. The largest absolute Gasteiger partial charge is 0.339 e. The molecule has 0 aliphatic heterocycles. The molecule has 0 saturated carbocycles. The summed E-state index contributed by atoms with van der Waals surface area (Å²) in [6.07, 6.45) is 20.1. The van der Waals surface area contributed by atoms with Crippen molar-refractivity contribution < 1.29 is 18.6 Å². The normalized spacial score (nSPS) is 11.3. The summed E-state index contributed by atoms with van der Waals surface area (Å²) in [5.41, 5.74) is 0. The molecule has 0 spiro atoms. The molecule has 0 unspecified atom stereocenters. The van der Waals surface area contributed by atoms with E-state index < -0.39 is 0 Å². The fraction of sp³-hybridized carbons (Fsp3) is 0.700. The molecule has 6 heteroatoms. The van der Waals surface area contributed by atoms with Gasteiger partial charge in [0, 0.05) is 0 Å². The van der Waals surface area contributed by atoms with E-state index in [1.54, 1.807) is 0 Å². The van der Waals surface area contributed by atoms with Gasteiger partial charge < -0.3 is 9.47 Å². The Morgan fingerprint density at radius 1 is 0.692 bits per heavy atom. The molecule has 2 rings (SSSR count). The van der Waals surface area contributed by atoms with Gasteiger partial charge in [-0.15, -0.1) is 0 Å². The summed E-state index contributed by atoms with van der Waals surface area (Å²) < 4.78 is 19.9. The zero-order valence-corrected chi connectivity index (χ0v) is 16.6. The number of ether oxygens (including phenoxy) is 2. The smallest absolute Gasteiger partial charge is 0.245 e. The molecule has 0 aromatic carbocycles. The molecule has 0 atom stereocenters. The number of hydrogen-bond donors (Lipinski definition) is 0. The predicted octanol–water partition coefficient (Wildman–Crippen LogP) is 2.89. The van der Waals surface area contributed by atoms with E-state index in [1.807, 2.05) is 0 Å². The lowest BCUT2D eigenvalue weighted by Crippen LogP contribution is -2.35. The molecule has 0 fully saturated rings. The molecular formula is C20H36N4O2+2. The molecule has 146 valence electrons. The summed E-state index contributed by atoms with van der Waals surface area (Å²) in [6, 6.07) is 0. The van der Waals surface area contributed by atoms with Gasteiger partial charge in [0.15, 0.2) is 13.5 Å². The minimum absolute atomic E-state index is 0.574. The van der Waals surface area contributed by atoms with E-state index in [4.69, 9.17) is 9.47 Å². The third-order valence-corrected chi connectivity index (χ3v) is 4.38. The molecule has 6 nitrogen and oxygen atoms in total. The second kappa shape index (κ2) is 12.7. The van der Waals surface area contributed by atoms with Gasteiger partial charge in [-0.05, 0) is 25.7 Å². The van der Waals surface area contributed by atoms with Crippen molar-refractivity contribution in [1.29, 1.82) is 0 Å². The first-order valence-corrected chi connectivity index (χ1v) is 10.1. The predicted molar refractivity (Wildman–Crippen MR) is 100 cm³/mol. The zero-order valence-electron chi connectivity index (χ0n) is 16.6. The highest BCUT2D eigenvalue weighted by Crippen LogP contribution is 1.98. The lowest BCUT2D eigenvalue weighted by Gasteiger charge is -2.02. The van der Waals surface area contributed by atoms with Crippen molar-refractivity contribution in [2.45, 2.75) is 78.9 Å². The second-order valence-electron chi connectivity index (χ2n) is 6.82. The minimum atomic E-state index is 0.574. The van der Waals surface area contributed by atoms with E-state index in [2.05, 4.69) is 69.6 Å². The number of unbranched alkanes of at least 4 members (excludes halogenated alkanes) is 4. The lowest BCUT2D eigenvalue weighted by molar-refractivity contribution is -0.737. The highest BCUT2D eigenvalue weighted by molar-refractivity contribution is 4.66. The molecule has 0 N–H and O–H groups in total. The van der Waals surface area contributed by atoms with Crippen LogP contribution in [0.5, 0.6) is 0 Å². The number of aromatic nitrogens is 4. The van der Waals surface area contributed by atoms with Gasteiger partial charge in [-0.1, -0.05) is 26.7 Å². The third kappa shape index (κ3) is 8.15. The summed E-state index contributed by atoms with van der Waals surface area (Å²) in [5.74, 6) is 0. The van der Waals surface area contributed by atoms with Crippen molar-refractivity contribution in [3.05, 3.63) is 37.4 Å². The molecule has 2 aromatic rings. The van der Waals surface area contributed by atoms with Crippen molar-refractivity contribution in [1.82, 2.24) is 9.13 Å². The first kappa shape index (κ1) is 20.6. The lowest BCUT2D eigenvalue weighted by atomic mass is 10.2. The maximum Gasteiger partial charge on any atom is 0.245 e. The second-order valence-corrected chi connectivity index (χ2v) is 6.82. The Morgan fingerprint density at radius 3 is 1.58 bits per heavy atom. The van der Waals surface area contributed by atoms with E-state index in [0.29, 0.717) is 26.7 Å². The molecule has 0 saturated heterocycles. The van der Waals surface area contributed by atoms with Crippen LogP contribution in [-0.2, 0) is 36.0 Å². The number of aryl methyl sites for hydroxylation is 2. The van der Waals surface area contributed by atoms with Crippen molar-refractivity contribution in [2.75, 3.05) is 13.2 Å². The first-order valence-electron chi connectivity index (χ1n) is 10.1. The molecule has 0 radical (unpaired) electrons. The van der Waals surface area contributed by atoms with Crippen LogP contribution in [0.25, 0.3) is 0 Å². The highest BCUT2D eigenvalue weighted by Gasteiger charge is 2.05. The van der Waals surface area contributed by atoms with Gasteiger partial charge in [-0.2, -0.15) is 0 Å². The van der Waals surface area contributed by atoms with E-state index in [0.717, 1.165) is 13.1 Å². The van der Waals surface area contributed by atoms with Crippen LogP contribution in [0, 0.1) is 0 Å². The van der Waals surface area contributed by atoms with Crippen LogP contribution in [0.3, 0.4) is 0 Å². The molecule has 0 aliphatic rings. The van der Waals surface area contributed by atoms with Crippen molar-refractivity contribution in [2.24, 2.45) is 0 Å². The Hall–Kier alpha value is -1.66. The molecule has 0 amide bonds. The SMILES string of the molecule is CCCCCn1cc[n+](COCCOC[n+]2ccn(CCCCC)c2)c1. The van der Waals surface area contributed by atoms with E-state index in [9.17, 15) is 0 Å². The molecule has 2 heterocycles. The van der Waals surface area contributed by atoms with Crippen LogP contribution in [0.1, 0.15) is 52.4 Å². The molecule has 2 aromatic heterocycles. The molecule has 26 heavy (non-hydrogen) atoms. The van der Waals surface area contributed by atoms with Gasteiger partial charge in [-0.3, -0.25) is 0 Å². The van der Waals surface area contributed by atoms with Crippen LogP contribution in [0.2, 0.25) is 0 Å². The van der Waals surface area contributed by atoms with Gasteiger partial charge in [0.25, 0.3) is 0 Å². The number of rotatable bonds is 15. The monoisotopic (exact) mass is 364 g/mol. The Bertz CT molecular complexity index is 542. The Morgan fingerprint density at radius 2 is 1.15 bits per heavy atom.